The summed E-state index contributed by atoms with van der Waals surface area (Å²) in [7, 11) is -3.03. The van der Waals surface area contributed by atoms with Crippen molar-refractivity contribution in [3.8, 4) is 5.69 Å². The Morgan fingerprint density at radius 3 is 2.59 bits per heavy atom. The smallest absolute Gasteiger partial charge is 0.273 e. The van der Waals surface area contributed by atoms with Crippen molar-refractivity contribution >= 4 is 37.6 Å². The van der Waals surface area contributed by atoms with Crippen LogP contribution in [-0.4, -0.2) is 41.5 Å². The van der Waals surface area contributed by atoms with Gasteiger partial charge in [-0.2, -0.15) is 5.10 Å². The molecule has 3 rings (SSSR count). The summed E-state index contributed by atoms with van der Waals surface area (Å²) in [6.07, 6.45) is 1.97. The Bertz CT molecular complexity index is 969. The highest BCUT2D eigenvalue weighted by Gasteiger charge is 2.29. The quantitative estimate of drug-likeness (QED) is 0.680. The van der Waals surface area contributed by atoms with Gasteiger partial charge in [-0.3, -0.25) is 20.4 Å². The second-order valence-corrected chi connectivity index (χ2v) is 9.65. The highest BCUT2D eigenvalue weighted by Crippen LogP contribution is 2.21. The summed E-state index contributed by atoms with van der Waals surface area (Å²) in [6.45, 7) is 1.76. The van der Waals surface area contributed by atoms with E-state index in [0.717, 1.165) is 10.2 Å². The SMILES string of the molecule is Cc1c(C(=O)NNC(=O)CC2CCS(=O)(=O)C2)cnn1-c1ccc(Br)cc1. The van der Waals surface area contributed by atoms with Crippen molar-refractivity contribution in [1.82, 2.24) is 20.6 Å². The predicted octanol–water partition coefficient (Wildman–Crippen LogP) is 1.53. The number of amides is 2. The third-order valence-electron chi connectivity index (χ3n) is 4.44. The lowest BCUT2D eigenvalue weighted by atomic mass is 10.1. The zero-order valence-electron chi connectivity index (χ0n) is 14.6. The number of rotatable bonds is 4. The molecule has 0 aliphatic carbocycles. The Morgan fingerprint density at radius 2 is 1.96 bits per heavy atom. The maximum atomic E-state index is 12.3. The molecule has 2 amide bonds. The van der Waals surface area contributed by atoms with E-state index in [4.69, 9.17) is 0 Å². The first-order chi connectivity index (χ1) is 12.7. The Hall–Kier alpha value is -2.20. The van der Waals surface area contributed by atoms with Crippen LogP contribution in [0.3, 0.4) is 0 Å². The molecule has 0 radical (unpaired) electrons. The molecular weight excluding hydrogens is 436 g/mol. The number of hydrogen-bond donors (Lipinski definition) is 2. The molecule has 1 atom stereocenters. The molecule has 1 aromatic heterocycles. The first kappa shape index (κ1) is 19.6. The zero-order valence-corrected chi connectivity index (χ0v) is 17.0. The third kappa shape index (κ3) is 4.75. The van der Waals surface area contributed by atoms with Crippen LogP contribution in [0, 0.1) is 12.8 Å². The second-order valence-electron chi connectivity index (χ2n) is 6.51. The molecule has 8 nitrogen and oxygen atoms in total. The Morgan fingerprint density at radius 1 is 1.26 bits per heavy atom. The number of sulfone groups is 1. The van der Waals surface area contributed by atoms with Crippen molar-refractivity contribution in [3.05, 3.63) is 46.2 Å². The summed E-state index contributed by atoms with van der Waals surface area (Å²) in [5, 5.41) is 4.22. The maximum absolute atomic E-state index is 12.3. The lowest BCUT2D eigenvalue weighted by molar-refractivity contribution is -0.122. The topological polar surface area (TPSA) is 110 Å². The fourth-order valence-electron chi connectivity index (χ4n) is 3.02. The van der Waals surface area contributed by atoms with Gasteiger partial charge in [-0.05, 0) is 43.5 Å². The first-order valence-corrected chi connectivity index (χ1v) is 11.0. The second kappa shape index (κ2) is 7.81. The van der Waals surface area contributed by atoms with E-state index in [1.165, 1.54) is 6.20 Å². The third-order valence-corrected chi connectivity index (χ3v) is 6.81. The highest BCUT2D eigenvalue weighted by molar-refractivity contribution is 9.10. The standard InChI is InChI=1S/C17H19BrN4O4S/c1-11-15(9-19-22(11)14-4-2-13(18)3-5-14)17(24)21-20-16(23)8-12-6-7-27(25,26)10-12/h2-5,9,12H,6-8,10H2,1H3,(H,20,23)(H,21,24). The number of hydrogen-bond acceptors (Lipinski definition) is 5. The van der Waals surface area contributed by atoms with E-state index in [1.54, 1.807) is 11.6 Å². The number of benzene rings is 1. The molecule has 1 unspecified atom stereocenters. The number of carbonyl (C=O) groups is 2. The van der Waals surface area contributed by atoms with Crippen LogP contribution >= 0.6 is 15.9 Å². The zero-order chi connectivity index (χ0) is 19.6. The first-order valence-electron chi connectivity index (χ1n) is 8.35. The molecule has 0 bridgehead atoms. The molecule has 27 heavy (non-hydrogen) atoms. The minimum Gasteiger partial charge on any atom is -0.273 e. The molecule has 2 heterocycles. The number of nitrogens with zero attached hydrogens (tertiary/aromatic N) is 2. The largest absolute Gasteiger partial charge is 0.273 e. The van der Waals surface area contributed by atoms with E-state index in [9.17, 15) is 18.0 Å². The molecule has 0 saturated carbocycles. The van der Waals surface area contributed by atoms with Crippen molar-refractivity contribution < 1.29 is 18.0 Å². The molecule has 1 fully saturated rings. The predicted molar refractivity (Wildman–Crippen MR) is 103 cm³/mol. The number of carbonyl (C=O) groups excluding carboxylic acids is 2. The summed E-state index contributed by atoms with van der Waals surface area (Å²) < 4.78 is 25.4. The summed E-state index contributed by atoms with van der Waals surface area (Å²) in [5.74, 6) is -0.959. The van der Waals surface area contributed by atoms with Gasteiger partial charge in [-0.15, -0.1) is 0 Å². The van der Waals surface area contributed by atoms with E-state index in [-0.39, 0.29) is 23.8 Å². The Kier molecular flexibility index (Phi) is 5.66. The highest BCUT2D eigenvalue weighted by atomic mass is 79.9. The van der Waals surface area contributed by atoms with Crippen molar-refractivity contribution in [1.29, 1.82) is 0 Å². The van der Waals surface area contributed by atoms with E-state index in [2.05, 4.69) is 31.9 Å². The van der Waals surface area contributed by atoms with Crippen LogP contribution in [0.25, 0.3) is 5.69 Å². The van der Waals surface area contributed by atoms with Crippen molar-refractivity contribution in [2.45, 2.75) is 19.8 Å². The van der Waals surface area contributed by atoms with E-state index in [0.29, 0.717) is 17.7 Å². The molecule has 1 aliphatic heterocycles. The van der Waals surface area contributed by atoms with Crippen molar-refractivity contribution in [2.75, 3.05) is 11.5 Å². The van der Waals surface area contributed by atoms with Gasteiger partial charge < -0.3 is 0 Å². The molecule has 2 aromatic rings. The molecule has 10 heteroatoms. The average molecular weight is 455 g/mol. The number of hydrazine groups is 1. The average Bonchev–Trinajstić information content (AvgIpc) is 3.15. The number of nitrogens with one attached hydrogen (secondary N) is 2. The van der Waals surface area contributed by atoms with Crippen LogP contribution in [0.2, 0.25) is 0 Å². The molecule has 1 saturated heterocycles. The Labute approximate surface area is 165 Å². The minimum atomic E-state index is -3.03. The van der Waals surface area contributed by atoms with Crippen molar-refractivity contribution in [2.24, 2.45) is 5.92 Å². The van der Waals surface area contributed by atoms with Gasteiger partial charge in [-0.1, -0.05) is 15.9 Å². The minimum absolute atomic E-state index is 0.0213. The normalized spacial score (nSPS) is 18.2. The van der Waals surface area contributed by atoms with Gasteiger partial charge >= 0.3 is 0 Å². The van der Waals surface area contributed by atoms with Gasteiger partial charge in [0.2, 0.25) is 5.91 Å². The fourth-order valence-corrected chi connectivity index (χ4v) is 5.14. The molecule has 1 aromatic carbocycles. The van der Waals surface area contributed by atoms with Gasteiger partial charge in [0.25, 0.3) is 5.91 Å². The van der Waals surface area contributed by atoms with Gasteiger partial charge in [0, 0.05) is 10.9 Å². The number of aromatic nitrogens is 2. The number of halogens is 1. The van der Waals surface area contributed by atoms with E-state index < -0.39 is 21.7 Å². The molecule has 144 valence electrons. The van der Waals surface area contributed by atoms with Crippen LogP contribution in [-0.2, 0) is 14.6 Å². The fraction of sp³-hybridized carbons (Fsp3) is 0.353. The summed E-state index contributed by atoms with van der Waals surface area (Å²) in [6, 6.07) is 7.48. The van der Waals surface area contributed by atoms with Crippen LogP contribution in [0.15, 0.2) is 34.9 Å². The summed E-state index contributed by atoms with van der Waals surface area (Å²) >= 11 is 3.37. The lowest BCUT2D eigenvalue weighted by Crippen LogP contribution is -2.42. The lowest BCUT2D eigenvalue weighted by Gasteiger charge is -2.10. The molecular formula is C17H19BrN4O4S. The maximum Gasteiger partial charge on any atom is 0.273 e. The molecule has 1 aliphatic rings. The summed E-state index contributed by atoms with van der Waals surface area (Å²) in [5.41, 5.74) is 6.47. The van der Waals surface area contributed by atoms with E-state index in [1.807, 2.05) is 24.3 Å². The van der Waals surface area contributed by atoms with Crippen LogP contribution in [0.1, 0.15) is 28.9 Å². The van der Waals surface area contributed by atoms with Gasteiger partial charge in [0.05, 0.1) is 34.6 Å². The van der Waals surface area contributed by atoms with Crippen molar-refractivity contribution in [3.63, 3.8) is 0 Å². The van der Waals surface area contributed by atoms with E-state index >= 15 is 0 Å². The Balaban J connectivity index is 1.58. The van der Waals surface area contributed by atoms with Crippen LogP contribution in [0.4, 0.5) is 0 Å². The van der Waals surface area contributed by atoms with Gasteiger partial charge in [-0.25, -0.2) is 13.1 Å². The van der Waals surface area contributed by atoms with Gasteiger partial charge in [0.15, 0.2) is 9.84 Å². The van der Waals surface area contributed by atoms with Crippen LogP contribution < -0.4 is 10.9 Å². The molecule has 2 N–H and O–H groups in total. The van der Waals surface area contributed by atoms with Gasteiger partial charge in [0.1, 0.15) is 0 Å². The van der Waals surface area contributed by atoms with Crippen LogP contribution in [0.5, 0.6) is 0 Å². The summed E-state index contributed by atoms with van der Waals surface area (Å²) in [4.78, 5) is 24.3. The monoisotopic (exact) mass is 454 g/mol. The molecule has 0 spiro atoms.